The van der Waals surface area contributed by atoms with Crippen LogP contribution in [0.25, 0.3) is 0 Å². The Morgan fingerprint density at radius 2 is 2.20 bits per heavy atom. The molecule has 0 saturated heterocycles. The summed E-state index contributed by atoms with van der Waals surface area (Å²) < 4.78 is 5.01. The molecule has 0 aliphatic rings. The smallest absolute Gasteiger partial charge is 0.0462 e. The highest BCUT2D eigenvalue weighted by Crippen LogP contribution is 2.21. The summed E-state index contributed by atoms with van der Waals surface area (Å²) in [5.74, 6) is 0. The lowest BCUT2D eigenvalue weighted by atomic mass is 10.2. The topological polar surface area (TPSA) is 21.3 Å². The van der Waals surface area contributed by atoms with Crippen LogP contribution in [0.5, 0.6) is 0 Å². The molecule has 0 amide bonds. The number of ether oxygens (including phenoxy) is 1. The zero-order chi connectivity index (χ0) is 11.1. The molecule has 0 spiro atoms. The van der Waals surface area contributed by atoms with Gasteiger partial charge in [0.15, 0.2) is 0 Å². The van der Waals surface area contributed by atoms with Crippen LogP contribution in [0.4, 0.5) is 0 Å². The molecule has 1 atom stereocenters. The molecule has 0 aromatic carbocycles. The highest BCUT2D eigenvalue weighted by Gasteiger charge is 2.05. The molecule has 0 unspecified atom stereocenters. The van der Waals surface area contributed by atoms with E-state index in [2.05, 4.69) is 31.3 Å². The summed E-state index contributed by atoms with van der Waals surface area (Å²) in [5.41, 5.74) is 0. The quantitative estimate of drug-likeness (QED) is 0.723. The molecule has 1 rings (SSSR count). The van der Waals surface area contributed by atoms with Gasteiger partial charge in [-0.1, -0.05) is 0 Å². The Morgan fingerprint density at radius 1 is 1.40 bits per heavy atom. The van der Waals surface area contributed by atoms with E-state index in [9.17, 15) is 0 Å². The average molecular weight is 227 g/mol. The lowest BCUT2D eigenvalue weighted by molar-refractivity contribution is 0.192. The maximum absolute atomic E-state index is 5.01. The second-order valence-corrected chi connectivity index (χ2v) is 5.14. The first-order valence-electron chi connectivity index (χ1n) is 5.52. The molecule has 1 N–H and O–H groups in total. The van der Waals surface area contributed by atoms with Gasteiger partial charge in [0.05, 0.1) is 0 Å². The zero-order valence-corrected chi connectivity index (χ0v) is 10.7. The van der Waals surface area contributed by atoms with Crippen LogP contribution in [0.1, 0.15) is 35.6 Å². The third-order valence-electron chi connectivity index (χ3n) is 2.41. The van der Waals surface area contributed by atoms with Gasteiger partial charge in [0.1, 0.15) is 0 Å². The molecule has 15 heavy (non-hydrogen) atoms. The lowest BCUT2D eigenvalue weighted by Gasteiger charge is -2.11. The van der Waals surface area contributed by atoms with Gasteiger partial charge in [-0.25, -0.2) is 0 Å². The fraction of sp³-hybridized carbons (Fsp3) is 0.667. The summed E-state index contributed by atoms with van der Waals surface area (Å²) in [7, 11) is 1.75. The van der Waals surface area contributed by atoms with Crippen molar-refractivity contribution < 1.29 is 4.74 Å². The van der Waals surface area contributed by atoms with E-state index in [1.165, 1.54) is 16.2 Å². The van der Waals surface area contributed by atoms with Crippen molar-refractivity contribution in [2.75, 3.05) is 20.3 Å². The monoisotopic (exact) mass is 227 g/mol. The summed E-state index contributed by atoms with van der Waals surface area (Å²) in [5, 5.41) is 3.53. The first-order valence-corrected chi connectivity index (χ1v) is 6.34. The molecule has 1 aromatic rings. The minimum Gasteiger partial charge on any atom is -0.385 e. The summed E-state index contributed by atoms with van der Waals surface area (Å²) in [4.78, 5) is 2.82. The van der Waals surface area contributed by atoms with Gasteiger partial charge >= 0.3 is 0 Å². The molecular weight excluding hydrogens is 206 g/mol. The third-order valence-corrected chi connectivity index (χ3v) is 3.60. The van der Waals surface area contributed by atoms with E-state index >= 15 is 0 Å². The summed E-state index contributed by atoms with van der Waals surface area (Å²) in [6.07, 6.45) is 2.32. The summed E-state index contributed by atoms with van der Waals surface area (Å²) >= 11 is 1.88. The van der Waals surface area contributed by atoms with Crippen LogP contribution in [-0.4, -0.2) is 20.3 Å². The van der Waals surface area contributed by atoms with Crippen LogP contribution >= 0.6 is 11.3 Å². The van der Waals surface area contributed by atoms with Crippen molar-refractivity contribution in [3.05, 3.63) is 21.9 Å². The van der Waals surface area contributed by atoms with E-state index in [4.69, 9.17) is 4.74 Å². The molecule has 0 fully saturated rings. The molecular formula is C12H21NOS. The largest absolute Gasteiger partial charge is 0.385 e. The SMILES string of the molecule is COCCCCN[C@H](C)c1ccc(C)s1. The Balaban J connectivity index is 2.16. The molecule has 3 heteroatoms. The summed E-state index contributed by atoms with van der Waals surface area (Å²) in [6.45, 7) is 6.32. The van der Waals surface area contributed by atoms with Gasteiger partial charge in [0.2, 0.25) is 0 Å². The number of rotatable bonds is 7. The van der Waals surface area contributed by atoms with Crippen molar-refractivity contribution in [2.45, 2.75) is 32.7 Å². The van der Waals surface area contributed by atoms with Crippen molar-refractivity contribution in [1.82, 2.24) is 5.32 Å². The van der Waals surface area contributed by atoms with Crippen LogP contribution in [0.15, 0.2) is 12.1 Å². The van der Waals surface area contributed by atoms with E-state index < -0.39 is 0 Å². The minimum absolute atomic E-state index is 0.478. The van der Waals surface area contributed by atoms with Crippen molar-refractivity contribution in [1.29, 1.82) is 0 Å². The van der Waals surface area contributed by atoms with Gasteiger partial charge in [-0.05, 0) is 45.4 Å². The van der Waals surface area contributed by atoms with E-state index in [1.807, 2.05) is 11.3 Å². The third kappa shape index (κ3) is 4.78. The Labute approximate surface area is 96.7 Å². The van der Waals surface area contributed by atoms with Crippen LogP contribution in [0.2, 0.25) is 0 Å². The van der Waals surface area contributed by atoms with Crippen LogP contribution in [0.3, 0.4) is 0 Å². The van der Waals surface area contributed by atoms with Crippen molar-refractivity contribution in [2.24, 2.45) is 0 Å². The normalized spacial score (nSPS) is 13.0. The molecule has 2 nitrogen and oxygen atoms in total. The molecule has 1 aromatic heterocycles. The van der Waals surface area contributed by atoms with Crippen molar-refractivity contribution in [3.8, 4) is 0 Å². The van der Waals surface area contributed by atoms with Crippen LogP contribution in [0, 0.1) is 6.92 Å². The molecule has 86 valence electrons. The molecule has 0 aliphatic carbocycles. The molecule has 0 radical (unpaired) electrons. The Kier molecular flexibility index (Phi) is 5.91. The number of unbranched alkanes of at least 4 members (excludes halogenated alkanes) is 1. The molecule has 0 aliphatic heterocycles. The lowest BCUT2D eigenvalue weighted by Crippen LogP contribution is -2.19. The predicted octanol–water partition coefficient (Wildman–Crippen LogP) is 3.13. The van der Waals surface area contributed by atoms with Gasteiger partial charge in [0.25, 0.3) is 0 Å². The molecule has 0 bridgehead atoms. The first-order chi connectivity index (χ1) is 7.24. The second kappa shape index (κ2) is 6.99. The number of aryl methyl sites for hydroxylation is 1. The molecule has 1 heterocycles. The number of thiophene rings is 1. The van der Waals surface area contributed by atoms with Crippen molar-refractivity contribution >= 4 is 11.3 Å². The Bertz CT molecular complexity index is 272. The van der Waals surface area contributed by atoms with E-state index in [1.54, 1.807) is 7.11 Å². The van der Waals surface area contributed by atoms with Gasteiger partial charge in [0, 0.05) is 29.5 Å². The van der Waals surface area contributed by atoms with E-state index in [0.29, 0.717) is 6.04 Å². The average Bonchev–Trinajstić information content (AvgIpc) is 2.64. The highest BCUT2D eigenvalue weighted by atomic mass is 32.1. The summed E-state index contributed by atoms with van der Waals surface area (Å²) in [6, 6.07) is 4.88. The fourth-order valence-corrected chi connectivity index (χ4v) is 2.38. The van der Waals surface area contributed by atoms with Crippen LogP contribution < -0.4 is 5.32 Å². The Morgan fingerprint density at radius 3 is 2.80 bits per heavy atom. The maximum atomic E-state index is 5.01. The van der Waals surface area contributed by atoms with Gasteiger partial charge in [-0.2, -0.15) is 0 Å². The maximum Gasteiger partial charge on any atom is 0.0462 e. The zero-order valence-electron chi connectivity index (χ0n) is 9.88. The number of hydrogen-bond donors (Lipinski definition) is 1. The van der Waals surface area contributed by atoms with Gasteiger partial charge in [-0.3, -0.25) is 0 Å². The highest BCUT2D eigenvalue weighted by molar-refractivity contribution is 7.12. The standard InChI is InChI=1S/C12H21NOS/c1-10-6-7-12(15-10)11(2)13-8-4-5-9-14-3/h6-7,11,13H,4-5,8-9H2,1-3H3/t11-/m1/s1. The predicted molar refractivity (Wildman–Crippen MR) is 66.6 cm³/mol. The number of nitrogens with one attached hydrogen (secondary N) is 1. The Hall–Kier alpha value is -0.380. The fourth-order valence-electron chi connectivity index (χ4n) is 1.48. The van der Waals surface area contributed by atoms with Gasteiger partial charge < -0.3 is 10.1 Å². The number of hydrogen-bond acceptors (Lipinski definition) is 3. The number of methoxy groups -OCH3 is 1. The minimum atomic E-state index is 0.478. The second-order valence-electron chi connectivity index (χ2n) is 3.82. The van der Waals surface area contributed by atoms with E-state index in [0.717, 1.165) is 19.6 Å². The first kappa shape index (κ1) is 12.7. The van der Waals surface area contributed by atoms with Crippen LogP contribution in [-0.2, 0) is 4.74 Å². The van der Waals surface area contributed by atoms with Gasteiger partial charge in [-0.15, -0.1) is 11.3 Å². The molecule has 0 saturated carbocycles. The van der Waals surface area contributed by atoms with E-state index in [-0.39, 0.29) is 0 Å². The van der Waals surface area contributed by atoms with Crippen molar-refractivity contribution in [3.63, 3.8) is 0 Å².